The first-order valence-electron chi connectivity index (χ1n) is 3.80. The van der Waals surface area contributed by atoms with E-state index in [4.69, 9.17) is 0 Å². The summed E-state index contributed by atoms with van der Waals surface area (Å²) < 4.78 is 0. The molecule has 1 atom stereocenters. The summed E-state index contributed by atoms with van der Waals surface area (Å²) in [5.74, 6) is 0.324. The summed E-state index contributed by atoms with van der Waals surface area (Å²) in [6.45, 7) is 4.21. The fourth-order valence-corrected chi connectivity index (χ4v) is 0.835. The van der Waals surface area contributed by atoms with Crippen molar-refractivity contribution in [2.45, 2.75) is 39.5 Å². The average Bonchev–Trinajstić information content (AvgIpc) is 1.91. The van der Waals surface area contributed by atoms with Gasteiger partial charge in [0.25, 0.3) is 0 Å². The predicted octanol–water partition coefficient (Wildman–Crippen LogP) is 2.40. The van der Waals surface area contributed by atoms with Crippen LogP contribution in [0.15, 0.2) is 0 Å². The van der Waals surface area contributed by atoms with Gasteiger partial charge in [-0.05, 0) is 12.8 Å². The third-order valence-electron chi connectivity index (χ3n) is 1.65. The van der Waals surface area contributed by atoms with Crippen LogP contribution in [0.25, 0.3) is 0 Å². The van der Waals surface area contributed by atoms with Crippen LogP contribution in [-0.2, 0) is 30.6 Å². The first kappa shape index (κ1) is 13.2. The maximum absolute atomic E-state index is 10.2. The molecule has 0 heterocycles. The molecule has 0 aromatic heterocycles. The third kappa shape index (κ3) is 6.66. The van der Waals surface area contributed by atoms with E-state index in [0.717, 1.165) is 19.1 Å². The van der Waals surface area contributed by atoms with E-state index in [2.05, 4.69) is 13.8 Å². The minimum Gasteiger partial charge on any atom is -0.303 e. The van der Waals surface area contributed by atoms with Gasteiger partial charge in [0.05, 0.1) is 0 Å². The molecule has 2 heteroatoms. The molecule has 10 heavy (non-hydrogen) atoms. The Bertz CT molecular complexity index is 73.7. The smallest absolute Gasteiger partial charge is 0.123 e. The maximum atomic E-state index is 10.2. The second kappa shape index (κ2) is 9.54. The Morgan fingerprint density at radius 3 is 2.30 bits per heavy atom. The van der Waals surface area contributed by atoms with Gasteiger partial charge in [0.1, 0.15) is 6.29 Å². The summed E-state index contributed by atoms with van der Waals surface area (Å²) in [4.78, 5) is 10.2. The van der Waals surface area contributed by atoms with Gasteiger partial charge < -0.3 is 4.79 Å². The maximum Gasteiger partial charge on any atom is 0.123 e. The Labute approximate surface area is 82.4 Å². The Morgan fingerprint density at radius 1 is 1.40 bits per heavy atom. The molecule has 1 unspecified atom stereocenters. The van der Waals surface area contributed by atoms with Crippen LogP contribution in [0.2, 0.25) is 0 Å². The van der Waals surface area contributed by atoms with Crippen molar-refractivity contribution in [1.29, 1.82) is 0 Å². The van der Waals surface area contributed by atoms with Crippen molar-refractivity contribution in [1.82, 2.24) is 0 Å². The average molecular weight is 307 g/mol. The fraction of sp³-hybridized carbons (Fsp3) is 0.875. The van der Waals surface area contributed by atoms with Gasteiger partial charge in [0.2, 0.25) is 0 Å². The van der Waals surface area contributed by atoms with E-state index >= 15 is 0 Å². The minimum atomic E-state index is 0. The Hall–Kier alpha value is 0.540. The second-order valence-corrected chi connectivity index (χ2v) is 2.45. The molecule has 0 aliphatic carbocycles. The van der Waals surface area contributed by atoms with Gasteiger partial charge >= 0.3 is 0 Å². The van der Waals surface area contributed by atoms with E-state index in [9.17, 15) is 4.79 Å². The molecule has 0 aliphatic rings. The molecule has 0 rings (SSSR count). The fourth-order valence-electron chi connectivity index (χ4n) is 0.835. The van der Waals surface area contributed by atoms with Crippen molar-refractivity contribution in [3.8, 4) is 0 Å². The summed E-state index contributed by atoms with van der Waals surface area (Å²) in [5, 5.41) is 0. The normalized spacial score (nSPS) is 11.8. The predicted molar refractivity (Wildman–Crippen MR) is 39.4 cm³/mol. The van der Waals surface area contributed by atoms with Gasteiger partial charge in [-0.2, -0.15) is 0 Å². The number of carbonyl (C=O) groups excluding carboxylic acids is 1. The molecule has 0 radical (unpaired) electrons. The standard InChI is InChI=1S/C8H16O.Hf/c1-3-5-6-8(4-2)7-9;/h7-8H,3-6H2,1-2H3;. The van der Waals surface area contributed by atoms with E-state index in [1.165, 1.54) is 12.8 Å². The van der Waals surface area contributed by atoms with Crippen molar-refractivity contribution >= 4 is 6.29 Å². The molecule has 58 valence electrons. The first-order chi connectivity index (χ1) is 4.35. The van der Waals surface area contributed by atoms with Crippen LogP contribution in [-0.4, -0.2) is 6.29 Å². The van der Waals surface area contributed by atoms with Gasteiger partial charge in [-0.25, -0.2) is 0 Å². The SMILES string of the molecule is CCCCC(C=O)CC.[Hf]. The van der Waals surface area contributed by atoms with Crippen molar-refractivity contribution in [2.75, 3.05) is 0 Å². The largest absolute Gasteiger partial charge is 0.303 e. The minimum absolute atomic E-state index is 0. The molecule has 1 nitrogen and oxygen atoms in total. The van der Waals surface area contributed by atoms with Gasteiger partial charge in [-0.1, -0.05) is 26.7 Å². The van der Waals surface area contributed by atoms with Crippen LogP contribution in [0.5, 0.6) is 0 Å². The van der Waals surface area contributed by atoms with Crippen LogP contribution in [0.3, 0.4) is 0 Å². The van der Waals surface area contributed by atoms with Crippen molar-refractivity contribution < 1.29 is 30.6 Å². The monoisotopic (exact) mass is 308 g/mol. The molecule has 0 aromatic carbocycles. The van der Waals surface area contributed by atoms with Gasteiger partial charge in [-0.15, -0.1) is 0 Å². The van der Waals surface area contributed by atoms with Crippen molar-refractivity contribution in [3.63, 3.8) is 0 Å². The summed E-state index contributed by atoms with van der Waals surface area (Å²) in [6.07, 6.45) is 5.55. The molecule has 0 bridgehead atoms. The Kier molecular flexibility index (Phi) is 12.5. The molecule has 0 N–H and O–H groups in total. The second-order valence-electron chi connectivity index (χ2n) is 2.45. The molecule has 0 saturated carbocycles. The number of unbranched alkanes of at least 4 members (excludes halogenated alkanes) is 1. The summed E-state index contributed by atoms with van der Waals surface area (Å²) >= 11 is 0. The van der Waals surface area contributed by atoms with Gasteiger partial charge in [-0.3, -0.25) is 0 Å². The number of rotatable bonds is 5. The van der Waals surface area contributed by atoms with Gasteiger partial charge in [0.15, 0.2) is 0 Å². The zero-order valence-corrected chi connectivity index (χ0v) is 10.5. The summed E-state index contributed by atoms with van der Waals surface area (Å²) in [5.41, 5.74) is 0. The van der Waals surface area contributed by atoms with E-state index in [0.29, 0.717) is 5.92 Å². The van der Waals surface area contributed by atoms with Crippen LogP contribution < -0.4 is 0 Å². The number of hydrogen-bond donors (Lipinski definition) is 0. The summed E-state index contributed by atoms with van der Waals surface area (Å²) in [6, 6.07) is 0. The van der Waals surface area contributed by atoms with E-state index in [-0.39, 0.29) is 25.8 Å². The number of carbonyl (C=O) groups is 1. The van der Waals surface area contributed by atoms with E-state index in [1.807, 2.05) is 0 Å². The molecule has 0 aromatic rings. The molecule has 0 fully saturated rings. The van der Waals surface area contributed by atoms with Crippen LogP contribution in [0.1, 0.15) is 39.5 Å². The zero-order chi connectivity index (χ0) is 7.11. The molecule has 0 spiro atoms. The molecule has 0 aliphatic heterocycles. The van der Waals surface area contributed by atoms with E-state index < -0.39 is 0 Å². The third-order valence-corrected chi connectivity index (χ3v) is 1.65. The molecule has 0 saturated heterocycles. The first-order valence-corrected chi connectivity index (χ1v) is 3.80. The number of aldehydes is 1. The van der Waals surface area contributed by atoms with Crippen molar-refractivity contribution in [3.05, 3.63) is 0 Å². The van der Waals surface area contributed by atoms with Crippen LogP contribution >= 0.6 is 0 Å². The quantitative estimate of drug-likeness (QED) is 0.563. The molecule has 0 amide bonds. The van der Waals surface area contributed by atoms with Crippen molar-refractivity contribution in [2.24, 2.45) is 5.92 Å². The van der Waals surface area contributed by atoms with E-state index in [1.54, 1.807) is 0 Å². The Balaban J connectivity index is 0. The number of hydrogen-bond acceptors (Lipinski definition) is 1. The zero-order valence-electron chi connectivity index (χ0n) is 6.89. The van der Waals surface area contributed by atoms with Gasteiger partial charge in [0, 0.05) is 31.8 Å². The molecular weight excluding hydrogens is 291 g/mol. The topological polar surface area (TPSA) is 17.1 Å². The van der Waals surface area contributed by atoms with Crippen LogP contribution in [0, 0.1) is 5.92 Å². The van der Waals surface area contributed by atoms with Crippen LogP contribution in [0.4, 0.5) is 0 Å². The Morgan fingerprint density at radius 2 is 2.00 bits per heavy atom. The molecular formula is C8H16HfO. The summed E-state index contributed by atoms with van der Waals surface area (Å²) in [7, 11) is 0.